The molecule has 0 spiro atoms. The van der Waals surface area contributed by atoms with Crippen molar-refractivity contribution in [3.63, 3.8) is 0 Å². The van der Waals surface area contributed by atoms with Gasteiger partial charge in [0, 0.05) is 104 Å². The highest BCUT2D eigenvalue weighted by atomic mass is 28.4. The van der Waals surface area contributed by atoms with Crippen LogP contribution in [0.2, 0.25) is 12.1 Å². The highest BCUT2D eigenvalue weighted by molar-refractivity contribution is 6.56. The predicted molar refractivity (Wildman–Crippen MR) is 195 cm³/mol. The number of rotatable bonds is 38. The van der Waals surface area contributed by atoms with Crippen LogP contribution in [-0.2, 0) is 14.2 Å². The zero-order valence-corrected chi connectivity index (χ0v) is 32.7. The Labute approximate surface area is 302 Å². The van der Waals surface area contributed by atoms with E-state index in [-0.39, 0.29) is 64.4 Å². The fourth-order valence-corrected chi connectivity index (χ4v) is 6.20. The fourth-order valence-electron chi connectivity index (χ4n) is 4.96. The Hall–Kier alpha value is -0.246. The minimum absolute atomic E-state index is 0.00609. The largest absolute Gasteiger partial charge is 0.492 e. The Morgan fingerprint density at radius 3 is 1.48 bits per heavy atom. The molecule has 0 aromatic rings. The van der Waals surface area contributed by atoms with E-state index < -0.39 is 35.9 Å². The van der Waals surface area contributed by atoms with Gasteiger partial charge in [0.25, 0.3) is 0 Å². The van der Waals surface area contributed by atoms with E-state index in [0.717, 1.165) is 45.7 Å². The first kappa shape index (κ1) is 49.8. The van der Waals surface area contributed by atoms with Gasteiger partial charge >= 0.3 is 17.6 Å². The molecule has 0 rings (SSSR count). The maximum Gasteiger partial charge on any atom is 0.492 e. The molecule has 4 unspecified atom stereocenters. The van der Waals surface area contributed by atoms with Crippen LogP contribution < -0.4 is 21.3 Å². The number of nitrogens with zero attached hydrogens (tertiary/aromatic N) is 1. The lowest BCUT2D eigenvalue weighted by Gasteiger charge is -2.27. The van der Waals surface area contributed by atoms with Crippen molar-refractivity contribution >= 4 is 17.6 Å². The van der Waals surface area contributed by atoms with Gasteiger partial charge in [0.05, 0.1) is 38.1 Å². The van der Waals surface area contributed by atoms with Crippen LogP contribution in [0.15, 0.2) is 0 Å². The number of aliphatic hydroxyl groups excluding tert-OH is 3. The van der Waals surface area contributed by atoms with Gasteiger partial charge in [0.1, 0.15) is 0 Å². The minimum Gasteiger partial charge on any atom is -0.390 e. The smallest absolute Gasteiger partial charge is 0.390 e. The summed E-state index contributed by atoms with van der Waals surface area (Å²) < 4.78 is 16.5. The minimum atomic E-state index is -4.11. The van der Waals surface area contributed by atoms with Crippen LogP contribution in [0.5, 0.6) is 0 Å². The van der Waals surface area contributed by atoms with Crippen LogP contribution in [0, 0.1) is 5.92 Å². The fraction of sp³-hybridized carbons (Fsp3) is 1.00. The Bertz CT molecular complexity index is 715. The van der Waals surface area contributed by atoms with E-state index in [1.807, 2.05) is 4.90 Å². The summed E-state index contributed by atoms with van der Waals surface area (Å²) in [4.78, 5) is 56.3. The average Bonchev–Trinajstić information content (AvgIpc) is 3.03. The number of hydrogen-bond donors (Lipinski definition) is 13. The third kappa shape index (κ3) is 36.1. The Morgan fingerprint density at radius 1 is 0.560 bits per heavy atom. The highest BCUT2D eigenvalue weighted by Gasteiger charge is 2.26. The topological polar surface area (TPSA) is 261 Å². The summed E-state index contributed by atoms with van der Waals surface area (Å²) >= 11 is 0. The van der Waals surface area contributed by atoms with Crippen LogP contribution in [-0.4, -0.2) is 197 Å². The SMILES string of the molecule is CCCCC(CC)COCC(O)CNCCNCCNCCNCCN(CC(O)COCCC[Si](O)(O)O)CC(O)COCCC[Si](O)(O)O. The van der Waals surface area contributed by atoms with Crippen molar-refractivity contribution in [1.29, 1.82) is 0 Å². The van der Waals surface area contributed by atoms with Gasteiger partial charge in [-0.3, -0.25) is 4.90 Å². The Morgan fingerprint density at radius 2 is 1.02 bits per heavy atom. The molecule has 0 aliphatic heterocycles. The van der Waals surface area contributed by atoms with Crippen molar-refractivity contribution in [3.05, 3.63) is 0 Å². The van der Waals surface area contributed by atoms with Crippen molar-refractivity contribution in [2.45, 2.75) is 82.8 Å². The molecular weight excluding hydrogens is 691 g/mol. The summed E-state index contributed by atoms with van der Waals surface area (Å²) in [6.07, 6.45) is 2.96. The zero-order chi connectivity index (χ0) is 37.5. The van der Waals surface area contributed by atoms with E-state index in [4.69, 9.17) is 43.0 Å². The van der Waals surface area contributed by atoms with Crippen molar-refractivity contribution in [2.24, 2.45) is 5.92 Å². The standard InChI is InChI=1S/C31H73N5O12Si2/c1-3-5-8-28(4-2)24-48-25-29(37)21-35-14-13-33-10-9-32-11-12-34-15-16-36(22-30(38)26-46-17-6-19-49(40,41)42)23-31(39)27-47-18-7-20-50(43,44)45/h28-35,37-45H,3-27H2,1-2H3. The van der Waals surface area contributed by atoms with Crippen LogP contribution in [0.1, 0.15) is 52.4 Å². The first-order valence-corrected chi connectivity index (χ1v) is 22.5. The molecule has 302 valence electrons. The molecule has 0 heterocycles. The molecule has 0 fully saturated rings. The molecule has 0 radical (unpaired) electrons. The second-order valence-corrected chi connectivity index (χ2v) is 17.1. The number of aliphatic hydroxyl groups is 3. The molecule has 0 saturated carbocycles. The number of hydrogen-bond acceptors (Lipinski definition) is 17. The first-order valence-electron chi connectivity index (χ1n) is 18.4. The third-order valence-electron chi connectivity index (χ3n) is 7.79. The molecule has 0 amide bonds. The first-order chi connectivity index (χ1) is 23.8. The van der Waals surface area contributed by atoms with Crippen molar-refractivity contribution < 1.29 is 58.3 Å². The van der Waals surface area contributed by atoms with E-state index >= 15 is 0 Å². The second-order valence-electron chi connectivity index (χ2n) is 13.0. The van der Waals surface area contributed by atoms with Crippen molar-refractivity contribution in [1.82, 2.24) is 26.2 Å². The summed E-state index contributed by atoms with van der Waals surface area (Å²) in [5.41, 5.74) is 0. The second kappa shape index (κ2) is 32.2. The lowest BCUT2D eigenvalue weighted by molar-refractivity contribution is -0.0100. The van der Waals surface area contributed by atoms with Crippen LogP contribution in [0.4, 0.5) is 0 Å². The molecule has 13 N–H and O–H groups in total. The number of nitrogens with one attached hydrogen (secondary N) is 4. The van der Waals surface area contributed by atoms with E-state index in [1.165, 1.54) is 19.3 Å². The maximum atomic E-state index is 10.5. The molecule has 4 atom stereocenters. The van der Waals surface area contributed by atoms with Gasteiger partial charge in [0.2, 0.25) is 0 Å². The molecule has 0 aliphatic rings. The normalized spacial score (nSPS) is 15.1. The maximum absolute atomic E-state index is 10.5. The van der Waals surface area contributed by atoms with Crippen molar-refractivity contribution in [3.8, 4) is 0 Å². The van der Waals surface area contributed by atoms with Gasteiger partial charge in [-0.1, -0.05) is 33.1 Å². The lowest BCUT2D eigenvalue weighted by Crippen LogP contribution is -2.44. The Kier molecular flexibility index (Phi) is 32.0. The van der Waals surface area contributed by atoms with Gasteiger partial charge in [-0.05, 0) is 25.2 Å². The van der Waals surface area contributed by atoms with E-state index in [2.05, 4.69) is 35.1 Å². The van der Waals surface area contributed by atoms with Crippen molar-refractivity contribution in [2.75, 3.05) is 112 Å². The molecule has 19 heteroatoms. The molecule has 0 aromatic carbocycles. The molecular formula is C31H73N5O12Si2. The summed E-state index contributed by atoms with van der Waals surface area (Å²) in [6.45, 7) is 12.5. The summed E-state index contributed by atoms with van der Waals surface area (Å²) in [5, 5.41) is 44.4. The monoisotopic (exact) mass is 763 g/mol. The molecule has 0 aromatic heterocycles. The van der Waals surface area contributed by atoms with Gasteiger partial charge in [-0.15, -0.1) is 0 Å². The molecule has 0 aliphatic carbocycles. The number of unbranched alkanes of at least 4 members (excludes halogenated alkanes) is 1. The molecule has 0 bridgehead atoms. The lowest BCUT2D eigenvalue weighted by atomic mass is 10.0. The summed E-state index contributed by atoms with van der Waals surface area (Å²) in [6, 6.07) is -0.287. The summed E-state index contributed by atoms with van der Waals surface area (Å²) in [5.74, 6) is 0.570. The average molecular weight is 764 g/mol. The predicted octanol–water partition coefficient (Wildman–Crippen LogP) is -3.39. The van der Waals surface area contributed by atoms with Gasteiger partial charge in [-0.2, -0.15) is 0 Å². The molecule has 0 saturated heterocycles. The van der Waals surface area contributed by atoms with Crippen LogP contribution >= 0.6 is 0 Å². The van der Waals surface area contributed by atoms with E-state index in [0.29, 0.717) is 38.8 Å². The van der Waals surface area contributed by atoms with Gasteiger partial charge < -0.3 is 79.6 Å². The molecule has 17 nitrogen and oxygen atoms in total. The Balaban J connectivity index is 4.12. The van der Waals surface area contributed by atoms with Crippen LogP contribution in [0.25, 0.3) is 0 Å². The van der Waals surface area contributed by atoms with Gasteiger partial charge in [0.15, 0.2) is 0 Å². The molecule has 50 heavy (non-hydrogen) atoms. The zero-order valence-electron chi connectivity index (χ0n) is 30.7. The highest BCUT2D eigenvalue weighted by Crippen LogP contribution is 2.13. The van der Waals surface area contributed by atoms with E-state index in [1.54, 1.807) is 0 Å². The quantitative estimate of drug-likeness (QED) is 0.0216. The van der Waals surface area contributed by atoms with E-state index in [9.17, 15) is 15.3 Å². The van der Waals surface area contributed by atoms with Gasteiger partial charge in [-0.25, -0.2) is 0 Å². The number of ether oxygens (including phenoxy) is 3. The third-order valence-corrected chi connectivity index (χ3v) is 9.84. The summed E-state index contributed by atoms with van der Waals surface area (Å²) in [7, 11) is -8.22. The van der Waals surface area contributed by atoms with Crippen LogP contribution in [0.3, 0.4) is 0 Å².